The fraction of sp³-hybridized carbons (Fsp3) is 0.455. The number of benzene rings is 1. The third kappa shape index (κ3) is 3.81. The van der Waals surface area contributed by atoms with Gasteiger partial charge in [0.2, 0.25) is 0 Å². The summed E-state index contributed by atoms with van der Waals surface area (Å²) in [4.78, 5) is 0. The summed E-state index contributed by atoms with van der Waals surface area (Å²) in [6, 6.07) is 3.05. The lowest BCUT2D eigenvalue weighted by Gasteiger charge is -2.19. The van der Waals surface area contributed by atoms with Crippen molar-refractivity contribution < 1.29 is 17.6 Å². The number of rotatable bonds is 3. The predicted octanol–water partition coefficient (Wildman–Crippen LogP) is 3.35. The van der Waals surface area contributed by atoms with Crippen LogP contribution in [0.15, 0.2) is 18.2 Å². The minimum Gasteiger partial charge on any atom is -0.313 e. The highest BCUT2D eigenvalue weighted by molar-refractivity contribution is 5.26. The van der Waals surface area contributed by atoms with Gasteiger partial charge in [0.25, 0.3) is 0 Å². The molecular weight excluding hydrogens is 222 g/mol. The van der Waals surface area contributed by atoms with Crippen LogP contribution in [0.3, 0.4) is 0 Å². The molecule has 0 spiro atoms. The second-order valence-corrected chi connectivity index (χ2v) is 3.72. The van der Waals surface area contributed by atoms with Gasteiger partial charge in [0.15, 0.2) is 0 Å². The zero-order chi connectivity index (χ0) is 12.3. The number of nitrogens with one attached hydrogen (secondary N) is 1. The van der Waals surface area contributed by atoms with Gasteiger partial charge in [-0.1, -0.05) is 6.07 Å². The van der Waals surface area contributed by atoms with Gasteiger partial charge in [-0.05, 0) is 37.2 Å². The molecule has 16 heavy (non-hydrogen) atoms. The first-order valence-electron chi connectivity index (χ1n) is 4.83. The van der Waals surface area contributed by atoms with Crippen LogP contribution in [0.1, 0.15) is 23.6 Å². The third-order valence-electron chi connectivity index (χ3n) is 2.25. The summed E-state index contributed by atoms with van der Waals surface area (Å²) in [5.41, 5.74) is 0.926. The topological polar surface area (TPSA) is 12.0 Å². The second kappa shape index (κ2) is 4.82. The van der Waals surface area contributed by atoms with E-state index < -0.39 is 24.5 Å². The van der Waals surface area contributed by atoms with Crippen molar-refractivity contribution in [2.24, 2.45) is 0 Å². The number of halogens is 4. The summed E-state index contributed by atoms with van der Waals surface area (Å²) in [6.45, 7) is 1.65. The first-order valence-corrected chi connectivity index (χ1v) is 4.83. The molecule has 0 aliphatic rings. The Bertz CT molecular complexity index is 339. The van der Waals surface area contributed by atoms with Gasteiger partial charge in [0, 0.05) is 6.04 Å². The molecule has 0 aromatic heterocycles. The van der Waals surface area contributed by atoms with Crippen LogP contribution in [-0.4, -0.2) is 13.2 Å². The van der Waals surface area contributed by atoms with Crippen molar-refractivity contribution in [1.82, 2.24) is 5.32 Å². The Morgan fingerprint density at radius 1 is 1.25 bits per heavy atom. The molecule has 1 atom stereocenters. The Balaban J connectivity index is 2.95. The molecule has 0 bridgehead atoms. The highest BCUT2D eigenvalue weighted by Gasteiger charge is 2.32. The van der Waals surface area contributed by atoms with E-state index in [9.17, 15) is 17.6 Å². The van der Waals surface area contributed by atoms with Crippen molar-refractivity contribution in [2.45, 2.75) is 25.6 Å². The average molecular weight is 235 g/mol. The van der Waals surface area contributed by atoms with Crippen LogP contribution in [0.2, 0.25) is 0 Å². The van der Waals surface area contributed by atoms with Crippen molar-refractivity contribution in [3.63, 3.8) is 0 Å². The molecule has 1 aromatic carbocycles. The van der Waals surface area contributed by atoms with E-state index in [4.69, 9.17) is 0 Å². The zero-order valence-electron chi connectivity index (χ0n) is 9.03. The van der Waals surface area contributed by atoms with Crippen LogP contribution in [0.25, 0.3) is 0 Å². The van der Waals surface area contributed by atoms with E-state index in [2.05, 4.69) is 5.32 Å². The molecule has 0 fully saturated rings. The molecule has 0 saturated carbocycles. The quantitative estimate of drug-likeness (QED) is 0.792. The zero-order valence-corrected chi connectivity index (χ0v) is 9.03. The van der Waals surface area contributed by atoms with Crippen molar-refractivity contribution in [3.8, 4) is 0 Å². The van der Waals surface area contributed by atoms with Crippen LogP contribution in [-0.2, 0) is 0 Å². The molecule has 1 nitrogen and oxygen atoms in total. The molecule has 1 N–H and O–H groups in total. The molecule has 5 heteroatoms. The normalized spacial score (nSPS) is 13.9. The molecule has 1 unspecified atom stereocenters. The monoisotopic (exact) mass is 235 g/mol. The maximum atomic E-state index is 13.0. The van der Waals surface area contributed by atoms with Gasteiger partial charge >= 0.3 is 6.18 Å². The average Bonchev–Trinajstić information content (AvgIpc) is 2.11. The predicted molar refractivity (Wildman–Crippen MR) is 53.6 cm³/mol. The fourth-order valence-corrected chi connectivity index (χ4v) is 1.58. The Labute approximate surface area is 91.5 Å². The van der Waals surface area contributed by atoms with Gasteiger partial charge in [0.1, 0.15) is 5.82 Å². The van der Waals surface area contributed by atoms with Crippen molar-refractivity contribution >= 4 is 0 Å². The van der Waals surface area contributed by atoms with E-state index in [1.807, 2.05) is 0 Å². The minimum absolute atomic E-state index is 0.317. The maximum Gasteiger partial charge on any atom is 0.390 e. The van der Waals surface area contributed by atoms with Crippen LogP contribution < -0.4 is 5.32 Å². The Kier molecular flexibility index (Phi) is 3.91. The lowest BCUT2D eigenvalue weighted by atomic mass is 10.0. The number of aryl methyl sites for hydroxylation is 1. The number of hydrogen-bond donors (Lipinski definition) is 1. The summed E-state index contributed by atoms with van der Waals surface area (Å²) in [5.74, 6) is -0.516. The molecule has 0 aliphatic carbocycles. The summed E-state index contributed by atoms with van der Waals surface area (Å²) >= 11 is 0. The van der Waals surface area contributed by atoms with E-state index in [1.165, 1.54) is 13.1 Å². The smallest absolute Gasteiger partial charge is 0.313 e. The van der Waals surface area contributed by atoms with E-state index >= 15 is 0 Å². The highest BCUT2D eigenvalue weighted by atomic mass is 19.4. The van der Waals surface area contributed by atoms with Crippen LogP contribution in [0.5, 0.6) is 0 Å². The number of hydrogen-bond acceptors (Lipinski definition) is 1. The Morgan fingerprint density at radius 3 is 2.31 bits per heavy atom. The van der Waals surface area contributed by atoms with Gasteiger partial charge in [-0.25, -0.2) is 4.39 Å². The second-order valence-electron chi connectivity index (χ2n) is 3.72. The highest BCUT2D eigenvalue weighted by Crippen LogP contribution is 2.29. The summed E-state index contributed by atoms with van der Waals surface area (Å²) in [5, 5.41) is 2.54. The summed E-state index contributed by atoms with van der Waals surface area (Å²) in [6.07, 6.45) is -5.28. The van der Waals surface area contributed by atoms with Crippen LogP contribution in [0.4, 0.5) is 17.6 Å². The van der Waals surface area contributed by atoms with E-state index in [0.717, 1.165) is 6.07 Å². The van der Waals surface area contributed by atoms with Crippen LogP contribution >= 0.6 is 0 Å². The summed E-state index contributed by atoms with van der Waals surface area (Å²) < 4.78 is 49.8. The largest absolute Gasteiger partial charge is 0.390 e. The molecule has 1 aromatic rings. The van der Waals surface area contributed by atoms with E-state index in [1.54, 1.807) is 13.0 Å². The fourth-order valence-electron chi connectivity index (χ4n) is 1.58. The van der Waals surface area contributed by atoms with Crippen LogP contribution in [0, 0.1) is 12.7 Å². The van der Waals surface area contributed by atoms with E-state index in [0.29, 0.717) is 11.1 Å². The molecule has 0 heterocycles. The molecule has 0 aliphatic heterocycles. The van der Waals surface area contributed by atoms with Crippen molar-refractivity contribution in [2.75, 3.05) is 7.05 Å². The molecule has 1 rings (SSSR count). The van der Waals surface area contributed by atoms with E-state index in [-0.39, 0.29) is 0 Å². The number of alkyl halides is 3. The van der Waals surface area contributed by atoms with Gasteiger partial charge < -0.3 is 5.32 Å². The Morgan fingerprint density at radius 2 is 1.88 bits per heavy atom. The summed E-state index contributed by atoms with van der Waals surface area (Å²) in [7, 11) is 1.43. The molecule has 0 amide bonds. The maximum absolute atomic E-state index is 13.0. The van der Waals surface area contributed by atoms with Gasteiger partial charge in [-0.15, -0.1) is 0 Å². The SMILES string of the molecule is CNC(CC(F)(F)F)c1cc(C)cc(F)c1. The Hall–Kier alpha value is -1.10. The molecular formula is C11H13F4N. The third-order valence-corrected chi connectivity index (χ3v) is 2.25. The molecule has 0 saturated heterocycles. The van der Waals surface area contributed by atoms with Gasteiger partial charge in [0.05, 0.1) is 6.42 Å². The lowest BCUT2D eigenvalue weighted by Crippen LogP contribution is -2.23. The molecule has 90 valence electrons. The lowest BCUT2D eigenvalue weighted by molar-refractivity contribution is -0.140. The van der Waals surface area contributed by atoms with Gasteiger partial charge in [-0.2, -0.15) is 13.2 Å². The van der Waals surface area contributed by atoms with Crippen molar-refractivity contribution in [1.29, 1.82) is 0 Å². The standard InChI is InChI=1S/C11H13F4N/c1-7-3-8(5-9(12)4-7)10(16-2)6-11(13,14)15/h3-5,10,16H,6H2,1-2H3. The first kappa shape index (κ1) is 13.0. The minimum atomic E-state index is -4.27. The first-order chi connectivity index (χ1) is 7.31. The molecule has 0 radical (unpaired) electrons. The van der Waals surface area contributed by atoms with Gasteiger partial charge in [-0.3, -0.25) is 0 Å². The van der Waals surface area contributed by atoms with Crippen molar-refractivity contribution in [3.05, 3.63) is 35.1 Å².